The predicted octanol–water partition coefficient (Wildman–Crippen LogP) is 1.86. The molecule has 14 heavy (non-hydrogen) atoms. The first-order valence-electron chi connectivity index (χ1n) is 4.12. The van der Waals surface area contributed by atoms with Crippen LogP contribution in [0.15, 0.2) is 12.3 Å². The first-order chi connectivity index (χ1) is 6.56. The lowest BCUT2D eigenvalue weighted by Gasteiger charge is -2.09. The van der Waals surface area contributed by atoms with Gasteiger partial charge in [-0.2, -0.15) is 5.10 Å². The Morgan fingerprint density at radius 1 is 1.71 bits per heavy atom. The lowest BCUT2D eigenvalue weighted by Crippen LogP contribution is -2.18. The van der Waals surface area contributed by atoms with E-state index >= 15 is 0 Å². The first-order valence-corrected chi connectivity index (χ1v) is 4.12. The van der Waals surface area contributed by atoms with Crippen LogP contribution in [0.4, 0.5) is 8.78 Å². The summed E-state index contributed by atoms with van der Waals surface area (Å²) in [4.78, 5) is 10.7. The minimum Gasteiger partial charge on any atom is -0.480 e. The van der Waals surface area contributed by atoms with Crippen molar-refractivity contribution in [2.45, 2.75) is 25.8 Å². The Morgan fingerprint density at radius 2 is 2.36 bits per heavy atom. The molecule has 0 saturated carbocycles. The van der Waals surface area contributed by atoms with Gasteiger partial charge in [0.1, 0.15) is 11.7 Å². The summed E-state index contributed by atoms with van der Waals surface area (Å²) in [6.45, 7) is 1.66. The van der Waals surface area contributed by atoms with E-state index in [0.717, 1.165) is 10.7 Å². The normalized spacial score (nSPS) is 13.1. The zero-order valence-electron chi connectivity index (χ0n) is 7.52. The minimum absolute atomic E-state index is 0.305. The molecule has 0 amide bonds. The van der Waals surface area contributed by atoms with E-state index in [-0.39, 0.29) is 0 Å². The lowest BCUT2D eigenvalue weighted by atomic mass is 10.2. The number of hydrogen-bond donors (Lipinski definition) is 1. The Morgan fingerprint density at radius 3 is 2.71 bits per heavy atom. The second-order valence-corrected chi connectivity index (χ2v) is 2.78. The van der Waals surface area contributed by atoms with Crippen LogP contribution in [0, 0.1) is 0 Å². The van der Waals surface area contributed by atoms with Crippen molar-refractivity contribution in [3.8, 4) is 0 Å². The zero-order chi connectivity index (χ0) is 10.7. The van der Waals surface area contributed by atoms with E-state index in [1.807, 2.05) is 0 Å². The summed E-state index contributed by atoms with van der Waals surface area (Å²) in [5.41, 5.74) is -0.398. The molecule has 1 aromatic rings. The SMILES string of the molecule is CC[C@H](C(=O)O)n1ccc(C(F)F)n1. The van der Waals surface area contributed by atoms with Crippen LogP contribution in [0.5, 0.6) is 0 Å². The van der Waals surface area contributed by atoms with Gasteiger partial charge in [-0.15, -0.1) is 0 Å². The van der Waals surface area contributed by atoms with Crippen LogP contribution >= 0.6 is 0 Å². The van der Waals surface area contributed by atoms with Gasteiger partial charge in [0.05, 0.1) is 0 Å². The maximum atomic E-state index is 12.1. The molecule has 6 heteroatoms. The van der Waals surface area contributed by atoms with E-state index in [0.29, 0.717) is 6.42 Å². The second kappa shape index (κ2) is 4.17. The van der Waals surface area contributed by atoms with Crippen LogP contribution in [0.1, 0.15) is 31.5 Å². The van der Waals surface area contributed by atoms with Crippen molar-refractivity contribution in [1.29, 1.82) is 0 Å². The van der Waals surface area contributed by atoms with Gasteiger partial charge < -0.3 is 5.11 Å². The molecule has 1 rings (SSSR count). The molecule has 0 radical (unpaired) electrons. The number of hydrogen-bond acceptors (Lipinski definition) is 2. The summed E-state index contributed by atoms with van der Waals surface area (Å²) in [6.07, 6.45) is -1.11. The van der Waals surface area contributed by atoms with Gasteiger partial charge in [-0.3, -0.25) is 4.68 Å². The van der Waals surface area contributed by atoms with Crippen LogP contribution < -0.4 is 0 Å². The molecule has 4 nitrogen and oxygen atoms in total. The van der Waals surface area contributed by atoms with Crippen LogP contribution in [0.25, 0.3) is 0 Å². The van der Waals surface area contributed by atoms with Crippen molar-refractivity contribution in [1.82, 2.24) is 9.78 Å². The Labute approximate surface area is 79.2 Å². The van der Waals surface area contributed by atoms with Gasteiger partial charge in [0.15, 0.2) is 0 Å². The van der Waals surface area contributed by atoms with Crippen molar-refractivity contribution < 1.29 is 18.7 Å². The monoisotopic (exact) mass is 204 g/mol. The number of rotatable bonds is 4. The largest absolute Gasteiger partial charge is 0.480 e. The Balaban J connectivity index is 2.89. The fourth-order valence-electron chi connectivity index (χ4n) is 1.12. The molecular weight excluding hydrogens is 194 g/mol. The van der Waals surface area contributed by atoms with E-state index in [1.54, 1.807) is 6.92 Å². The topological polar surface area (TPSA) is 55.1 Å². The molecule has 0 spiro atoms. The van der Waals surface area contributed by atoms with Crippen molar-refractivity contribution in [2.24, 2.45) is 0 Å². The number of halogens is 2. The van der Waals surface area contributed by atoms with E-state index in [2.05, 4.69) is 5.10 Å². The van der Waals surface area contributed by atoms with Gasteiger partial charge in [-0.1, -0.05) is 6.92 Å². The molecule has 1 N–H and O–H groups in total. The predicted molar refractivity (Wildman–Crippen MR) is 44.1 cm³/mol. The van der Waals surface area contributed by atoms with E-state index in [1.165, 1.54) is 6.20 Å². The highest BCUT2D eigenvalue weighted by molar-refractivity contribution is 5.71. The fourth-order valence-corrected chi connectivity index (χ4v) is 1.12. The summed E-state index contributed by atoms with van der Waals surface area (Å²) >= 11 is 0. The maximum Gasteiger partial charge on any atom is 0.328 e. The first kappa shape index (κ1) is 10.6. The third-order valence-corrected chi connectivity index (χ3v) is 1.84. The maximum absolute atomic E-state index is 12.1. The van der Waals surface area contributed by atoms with Crippen molar-refractivity contribution in [3.63, 3.8) is 0 Å². The third-order valence-electron chi connectivity index (χ3n) is 1.84. The van der Waals surface area contributed by atoms with Gasteiger partial charge in [-0.05, 0) is 12.5 Å². The van der Waals surface area contributed by atoms with Gasteiger partial charge in [-0.25, -0.2) is 13.6 Å². The molecule has 0 fully saturated rings. The number of carboxylic acids is 1. The number of aliphatic carboxylic acids is 1. The summed E-state index contributed by atoms with van der Waals surface area (Å²) in [5, 5.41) is 12.2. The molecule has 0 aliphatic heterocycles. The van der Waals surface area contributed by atoms with Gasteiger partial charge >= 0.3 is 5.97 Å². The lowest BCUT2D eigenvalue weighted by molar-refractivity contribution is -0.141. The highest BCUT2D eigenvalue weighted by Crippen LogP contribution is 2.18. The molecule has 0 unspecified atom stereocenters. The van der Waals surface area contributed by atoms with Gasteiger partial charge in [0.25, 0.3) is 6.43 Å². The number of alkyl halides is 2. The quantitative estimate of drug-likeness (QED) is 0.814. The van der Waals surface area contributed by atoms with Crippen LogP contribution in [-0.2, 0) is 4.79 Å². The van der Waals surface area contributed by atoms with Crippen molar-refractivity contribution >= 4 is 5.97 Å². The number of aromatic nitrogens is 2. The standard InChI is InChI=1S/C8H10F2N2O2/c1-2-6(8(13)14)12-4-3-5(11-12)7(9)10/h3-4,6-7H,2H2,1H3,(H,13,14)/t6-/m1/s1. The average molecular weight is 204 g/mol. The third kappa shape index (κ3) is 2.07. The highest BCUT2D eigenvalue weighted by atomic mass is 19.3. The van der Waals surface area contributed by atoms with Crippen LogP contribution in [-0.4, -0.2) is 20.9 Å². The molecule has 0 saturated heterocycles. The van der Waals surface area contributed by atoms with E-state index in [9.17, 15) is 13.6 Å². The molecule has 0 bridgehead atoms. The fraction of sp³-hybridized carbons (Fsp3) is 0.500. The average Bonchev–Trinajstić information content (AvgIpc) is 2.53. The molecular formula is C8H10F2N2O2. The molecule has 0 aromatic carbocycles. The molecule has 1 heterocycles. The molecule has 1 aromatic heterocycles. The van der Waals surface area contributed by atoms with Crippen LogP contribution in [0.2, 0.25) is 0 Å². The Hall–Kier alpha value is -1.46. The highest BCUT2D eigenvalue weighted by Gasteiger charge is 2.20. The van der Waals surface area contributed by atoms with Crippen LogP contribution in [0.3, 0.4) is 0 Å². The van der Waals surface area contributed by atoms with E-state index in [4.69, 9.17) is 5.11 Å². The number of carboxylic acid groups (broad SMARTS) is 1. The molecule has 1 atom stereocenters. The van der Waals surface area contributed by atoms with Gasteiger partial charge in [0.2, 0.25) is 0 Å². The summed E-state index contributed by atoms with van der Waals surface area (Å²) < 4.78 is 25.3. The Bertz CT molecular complexity index is 325. The molecule has 78 valence electrons. The smallest absolute Gasteiger partial charge is 0.328 e. The second-order valence-electron chi connectivity index (χ2n) is 2.78. The summed E-state index contributed by atoms with van der Waals surface area (Å²) in [7, 11) is 0. The van der Waals surface area contributed by atoms with Crippen molar-refractivity contribution in [3.05, 3.63) is 18.0 Å². The van der Waals surface area contributed by atoms with E-state index < -0.39 is 24.1 Å². The summed E-state index contributed by atoms with van der Waals surface area (Å²) in [5.74, 6) is -1.07. The Kier molecular flexibility index (Phi) is 3.16. The van der Waals surface area contributed by atoms with Gasteiger partial charge in [0, 0.05) is 6.20 Å². The zero-order valence-corrected chi connectivity index (χ0v) is 7.52. The minimum atomic E-state index is -2.66. The molecule has 0 aliphatic carbocycles. The summed E-state index contributed by atoms with van der Waals surface area (Å²) in [6, 6.07) is 0.249. The molecule has 0 aliphatic rings. The van der Waals surface area contributed by atoms with Crippen molar-refractivity contribution in [2.75, 3.05) is 0 Å². The number of nitrogens with zero attached hydrogens (tertiary/aromatic N) is 2. The number of carbonyl (C=O) groups is 1.